The van der Waals surface area contributed by atoms with Gasteiger partial charge in [0.15, 0.2) is 0 Å². The Morgan fingerprint density at radius 2 is 1.85 bits per heavy atom. The fraction of sp³-hybridized carbons (Fsp3) is 0.300. The second kappa shape index (κ2) is 8.44. The van der Waals surface area contributed by atoms with Crippen molar-refractivity contribution < 1.29 is 4.79 Å². The van der Waals surface area contributed by atoms with E-state index in [4.69, 9.17) is 0 Å². The third-order valence-corrected chi connectivity index (χ3v) is 7.72. The van der Waals surface area contributed by atoms with Gasteiger partial charge in [-0.2, -0.15) is 0 Å². The lowest BCUT2D eigenvalue weighted by Crippen LogP contribution is -2.48. The van der Waals surface area contributed by atoms with Gasteiger partial charge in [-0.05, 0) is 65.4 Å². The molecule has 1 aliphatic carbocycles. The number of amides is 1. The quantitative estimate of drug-likeness (QED) is 0.429. The molecule has 0 spiro atoms. The molecule has 0 bridgehead atoms. The number of hydrogen-bond donors (Lipinski definition) is 1. The van der Waals surface area contributed by atoms with Crippen molar-refractivity contribution in [3.05, 3.63) is 89.6 Å². The molecule has 3 aromatic carbocycles. The fourth-order valence-electron chi connectivity index (χ4n) is 6.00. The molecule has 34 heavy (non-hydrogen) atoms. The van der Waals surface area contributed by atoms with Gasteiger partial charge in [0, 0.05) is 49.3 Å². The van der Waals surface area contributed by atoms with Crippen LogP contribution in [0.15, 0.2) is 72.9 Å². The zero-order valence-electron chi connectivity index (χ0n) is 19.9. The Bertz CT molecular complexity index is 1410. The molecule has 4 heteroatoms. The summed E-state index contributed by atoms with van der Waals surface area (Å²) in [6.07, 6.45) is 5.43. The van der Waals surface area contributed by atoms with E-state index in [2.05, 4.69) is 96.7 Å². The number of nitrogens with one attached hydrogen (secondary N) is 1. The van der Waals surface area contributed by atoms with Crippen molar-refractivity contribution >= 4 is 33.2 Å². The molecule has 1 amide bonds. The van der Waals surface area contributed by atoms with E-state index in [-0.39, 0.29) is 17.9 Å². The van der Waals surface area contributed by atoms with Crippen LogP contribution in [0.1, 0.15) is 30.5 Å². The number of nitrogens with zero attached hydrogens (tertiary/aromatic N) is 2. The van der Waals surface area contributed by atoms with Crippen molar-refractivity contribution in [3.8, 4) is 0 Å². The van der Waals surface area contributed by atoms with E-state index in [0.29, 0.717) is 0 Å². The molecule has 0 saturated carbocycles. The molecular weight excluding hydrogens is 418 g/mol. The Hall–Kier alpha value is -3.37. The number of benzene rings is 3. The van der Waals surface area contributed by atoms with E-state index in [0.717, 1.165) is 32.6 Å². The minimum Gasteiger partial charge on any atom is -0.361 e. The number of carbonyl (C=O) groups excluding carboxylic acids is 1. The number of aromatic nitrogens is 1. The van der Waals surface area contributed by atoms with E-state index < -0.39 is 0 Å². The predicted octanol–water partition coefficient (Wildman–Crippen LogP) is 5.63. The Morgan fingerprint density at radius 1 is 1.03 bits per heavy atom. The summed E-state index contributed by atoms with van der Waals surface area (Å²) in [4.78, 5) is 21.5. The number of hydrogen-bond acceptors (Lipinski definition) is 2. The van der Waals surface area contributed by atoms with Crippen LogP contribution >= 0.6 is 0 Å². The van der Waals surface area contributed by atoms with Crippen LogP contribution in [0.5, 0.6) is 0 Å². The molecule has 1 aromatic heterocycles. The van der Waals surface area contributed by atoms with Gasteiger partial charge in [-0.1, -0.05) is 54.6 Å². The highest BCUT2D eigenvalue weighted by molar-refractivity contribution is 5.99. The zero-order chi connectivity index (χ0) is 23.2. The van der Waals surface area contributed by atoms with Crippen molar-refractivity contribution in [2.24, 2.45) is 5.92 Å². The number of carbonyl (C=O) groups is 1. The van der Waals surface area contributed by atoms with Crippen molar-refractivity contribution in [2.45, 2.75) is 32.9 Å². The van der Waals surface area contributed by atoms with Gasteiger partial charge < -0.3 is 9.88 Å². The average molecular weight is 450 g/mol. The van der Waals surface area contributed by atoms with E-state index in [1.165, 1.54) is 43.9 Å². The molecule has 4 nitrogen and oxygen atoms in total. The number of rotatable bonds is 5. The molecule has 2 heterocycles. The molecule has 0 radical (unpaired) electrons. The molecular formula is C30H31N3O. The second-order valence-electron chi connectivity index (χ2n) is 9.61. The van der Waals surface area contributed by atoms with E-state index >= 15 is 0 Å². The highest BCUT2D eigenvalue weighted by Crippen LogP contribution is 2.42. The van der Waals surface area contributed by atoms with Gasteiger partial charge in [0.25, 0.3) is 0 Å². The Morgan fingerprint density at radius 3 is 2.68 bits per heavy atom. The molecule has 0 fully saturated rings. The Labute approximate surface area is 200 Å². The molecule has 2 atom stereocenters. The maximum absolute atomic E-state index is 13.5. The Balaban J connectivity index is 1.42. The van der Waals surface area contributed by atoms with Gasteiger partial charge in [-0.15, -0.1) is 0 Å². The van der Waals surface area contributed by atoms with Crippen molar-refractivity contribution in [1.29, 1.82) is 0 Å². The lowest BCUT2D eigenvalue weighted by Gasteiger charge is -2.42. The molecule has 4 aromatic rings. The first-order valence-corrected chi connectivity index (χ1v) is 12.5. The van der Waals surface area contributed by atoms with Crippen LogP contribution in [-0.2, 0) is 17.8 Å². The monoisotopic (exact) mass is 449 g/mol. The molecule has 172 valence electrons. The summed E-state index contributed by atoms with van der Waals surface area (Å²) in [6.45, 7) is 7.23. The van der Waals surface area contributed by atoms with Gasteiger partial charge in [0.1, 0.15) is 0 Å². The second-order valence-corrected chi connectivity index (χ2v) is 9.61. The maximum atomic E-state index is 13.5. The highest BCUT2D eigenvalue weighted by Gasteiger charge is 2.38. The molecule has 0 saturated heterocycles. The first-order chi connectivity index (χ1) is 16.7. The number of fused-ring (bicyclic) bond motifs is 3. The zero-order valence-corrected chi connectivity index (χ0v) is 19.9. The predicted molar refractivity (Wildman–Crippen MR) is 140 cm³/mol. The summed E-state index contributed by atoms with van der Waals surface area (Å²) in [7, 11) is 0. The maximum Gasteiger partial charge on any atom is 0.230 e. The largest absolute Gasteiger partial charge is 0.361 e. The first-order valence-electron chi connectivity index (χ1n) is 12.5. The summed E-state index contributed by atoms with van der Waals surface area (Å²) < 4.78 is 0. The highest BCUT2D eigenvalue weighted by atomic mass is 16.2. The summed E-state index contributed by atoms with van der Waals surface area (Å²) in [5.74, 6) is 0.119. The van der Waals surface area contributed by atoms with Crippen LogP contribution in [0.25, 0.3) is 27.2 Å². The smallest absolute Gasteiger partial charge is 0.230 e. The van der Waals surface area contributed by atoms with Crippen LogP contribution in [0.4, 0.5) is 0 Å². The van der Waals surface area contributed by atoms with Gasteiger partial charge in [-0.3, -0.25) is 9.69 Å². The molecule has 1 unspecified atom stereocenters. The molecule has 6 rings (SSSR count). The number of aromatic amines is 1. The van der Waals surface area contributed by atoms with Gasteiger partial charge in [-0.25, -0.2) is 0 Å². The number of H-pyrrole nitrogens is 1. The van der Waals surface area contributed by atoms with Crippen LogP contribution in [0, 0.1) is 5.92 Å². The van der Waals surface area contributed by atoms with Gasteiger partial charge >= 0.3 is 0 Å². The summed E-state index contributed by atoms with van der Waals surface area (Å²) in [5, 5.41) is 3.86. The summed E-state index contributed by atoms with van der Waals surface area (Å²) in [5.41, 5.74) is 6.46. The van der Waals surface area contributed by atoms with Crippen LogP contribution in [0.3, 0.4) is 0 Å². The van der Waals surface area contributed by atoms with Crippen molar-refractivity contribution in [3.63, 3.8) is 0 Å². The first kappa shape index (κ1) is 21.2. The minimum absolute atomic E-state index is 0.123. The van der Waals surface area contributed by atoms with E-state index in [9.17, 15) is 4.79 Å². The third-order valence-electron chi connectivity index (χ3n) is 7.72. The Kier molecular flexibility index (Phi) is 5.26. The fourth-order valence-corrected chi connectivity index (χ4v) is 6.00. The lowest BCUT2D eigenvalue weighted by atomic mass is 9.79. The molecule has 1 N–H and O–H groups in total. The SMILES string of the molecule is CCN(CC)C(=O)[C@H]1C=C2c3cccc4[nH]cc(c34)CC2N(Cc2ccc3ccccc3c2)C1. The topological polar surface area (TPSA) is 39.3 Å². The van der Waals surface area contributed by atoms with Crippen LogP contribution in [0.2, 0.25) is 0 Å². The van der Waals surface area contributed by atoms with Crippen molar-refractivity contribution in [1.82, 2.24) is 14.8 Å². The lowest BCUT2D eigenvalue weighted by molar-refractivity contribution is -0.134. The normalized spacial score (nSPS) is 19.8. The molecule has 2 aliphatic rings. The minimum atomic E-state index is -0.123. The standard InChI is InChI=1S/C30H31N3O/c1-3-32(4-2)30(34)24-15-26-25-10-7-11-27-29(25)23(17-31-27)16-28(26)33(19-24)18-20-12-13-21-8-5-6-9-22(21)14-20/h5-15,17,24,28,31H,3-4,16,18-19H2,1-2H3/t24-,28?/m0/s1. The average Bonchev–Trinajstić information content (AvgIpc) is 3.29. The summed E-state index contributed by atoms with van der Waals surface area (Å²) >= 11 is 0. The third kappa shape index (κ3) is 3.45. The van der Waals surface area contributed by atoms with E-state index in [1.807, 2.05) is 4.90 Å². The van der Waals surface area contributed by atoms with Gasteiger partial charge in [0.05, 0.1) is 5.92 Å². The van der Waals surface area contributed by atoms with Crippen LogP contribution < -0.4 is 0 Å². The van der Waals surface area contributed by atoms with Crippen molar-refractivity contribution in [2.75, 3.05) is 19.6 Å². The summed E-state index contributed by atoms with van der Waals surface area (Å²) in [6, 6.07) is 22.1. The van der Waals surface area contributed by atoms with Crippen LogP contribution in [-0.4, -0.2) is 46.4 Å². The van der Waals surface area contributed by atoms with E-state index in [1.54, 1.807) is 0 Å². The molecule has 1 aliphatic heterocycles. The van der Waals surface area contributed by atoms with Gasteiger partial charge in [0.2, 0.25) is 5.91 Å².